The molecule has 0 aliphatic rings. The SMILES string of the molecule is CCCCCCCCCCCC(=O)NCC(NCC)C(=O)O. The van der Waals surface area contributed by atoms with Crippen LogP contribution in [0.25, 0.3) is 0 Å². The molecule has 0 bridgehead atoms. The molecule has 1 atom stereocenters. The van der Waals surface area contributed by atoms with E-state index in [0.717, 1.165) is 12.8 Å². The lowest BCUT2D eigenvalue weighted by Gasteiger charge is -2.13. The minimum atomic E-state index is -0.926. The molecule has 1 amide bonds. The Morgan fingerprint density at radius 3 is 1.95 bits per heavy atom. The molecule has 0 aromatic heterocycles. The lowest BCUT2D eigenvalue weighted by Crippen LogP contribution is -2.45. The predicted octanol–water partition coefficient (Wildman–Crippen LogP) is 3.09. The average molecular weight is 314 g/mol. The largest absolute Gasteiger partial charge is 0.480 e. The van der Waals surface area contributed by atoms with Crippen LogP contribution in [0.3, 0.4) is 0 Å². The van der Waals surface area contributed by atoms with Gasteiger partial charge in [0.1, 0.15) is 6.04 Å². The Balaban J connectivity index is 3.47. The van der Waals surface area contributed by atoms with Gasteiger partial charge in [-0.1, -0.05) is 65.2 Å². The van der Waals surface area contributed by atoms with E-state index in [4.69, 9.17) is 5.11 Å². The van der Waals surface area contributed by atoms with Crippen molar-refractivity contribution >= 4 is 11.9 Å². The molecule has 0 rings (SSSR count). The zero-order valence-electron chi connectivity index (χ0n) is 14.3. The molecule has 5 heteroatoms. The zero-order chi connectivity index (χ0) is 16.6. The molecular weight excluding hydrogens is 280 g/mol. The van der Waals surface area contributed by atoms with Gasteiger partial charge in [-0.15, -0.1) is 0 Å². The second kappa shape index (κ2) is 14.8. The lowest BCUT2D eigenvalue weighted by molar-refractivity contribution is -0.139. The number of carboxylic acids is 1. The van der Waals surface area contributed by atoms with E-state index in [1.165, 1.54) is 44.9 Å². The minimum absolute atomic E-state index is 0.0490. The van der Waals surface area contributed by atoms with Gasteiger partial charge >= 0.3 is 5.97 Å². The molecule has 0 heterocycles. The van der Waals surface area contributed by atoms with Crippen LogP contribution < -0.4 is 10.6 Å². The Morgan fingerprint density at radius 2 is 1.45 bits per heavy atom. The van der Waals surface area contributed by atoms with E-state index in [1.807, 2.05) is 6.92 Å². The van der Waals surface area contributed by atoms with Gasteiger partial charge in [0.2, 0.25) is 5.91 Å². The molecule has 22 heavy (non-hydrogen) atoms. The summed E-state index contributed by atoms with van der Waals surface area (Å²) in [4.78, 5) is 22.6. The van der Waals surface area contributed by atoms with Crippen molar-refractivity contribution in [3.8, 4) is 0 Å². The Morgan fingerprint density at radius 1 is 0.909 bits per heavy atom. The van der Waals surface area contributed by atoms with E-state index in [1.54, 1.807) is 0 Å². The maximum atomic E-state index is 11.6. The van der Waals surface area contributed by atoms with E-state index < -0.39 is 12.0 Å². The molecule has 0 aliphatic heterocycles. The van der Waals surface area contributed by atoms with Crippen LogP contribution in [-0.4, -0.2) is 36.1 Å². The van der Waals surface area contributed by atoms with Crippen LogP contribution in [0.2, 0.25) is 0 Å². The lowest BCUT2D eigenvalue weighted by atomic mass is 10.1. The predicted molar refractivity (Wildman–Crippen MR) is 90.0 cm³/mol. The molecule has 3 N–H and O–H groups in total. The van der Waals surface area contributed by atoms with E-state index in [2.05, 4.69) is 17.6 Å². The van der Waals surface area contributed by atoms with Crippen molar-refractivity contribution in [2.24, 2.45) is 0 Å². The second-order valence-electron chi connectivity index (χ2n) is 5.83. The van der Waals surface area contributed by atoms with E-state index >= 15 is 0 Å². The Kier molecular flexibility index (Phi) is 14.1. The molecular formula is C17H34N2O3. The fraction of sp³-hybridized carbons (Fsp3) is 0.882. The highest BCUT2D eigenvalue weighted by Gasteiger charge is 2.16. The highest BCUT2D eigenvalue weighted by atomic mass is 16.4. The van der Waals surface area contributed by atoms with Gasteiger partial charge in [0.15, 0.2) is 0 Å². The molecule has 0 aromatic carbocycles. The van der Waals surface area contributed by atoms with Gasteiger partial charge in [0.05, 0.1) is 0 Å². The number of nitrogens with one attached hydrogen (secondary N) is 2. The van der Waals surface area contributed by atoms with Gasteiger partial charge in [-0.3, -0.25) is 9.59 Å². The first kappa shape index (κ1) is 20.9. The molecule has 0 aromatic rings. The van der Waals surface area contributed by atoms with Gasteiger partial charge in [-0.2, -0.15) is 0 Å². The summed E-state index contributed by atoms with van der Waals surface area (Å²) in [6.07, 6.45) is 11.5. The van der Waals surface area contributed by atoms with Crippen LogP contribution >= 0.6 is 0 Å². The van der Waals surface area contributed by atoms with Crippen molar-refractivity contribution in [1.29, 1.82) is 0 Å². The Hall–Kier alpha value is -1.10. The maximum Gasteiger partial charge on any atom is 0.322 e. The average Bonchev–Trinajstić information content (AvgIpc) is 2.49. The minimum Gasteiger partial charge on any atom is -0.480 e. The number of likely N-dealkylation sites (N-methyl/N-ethyl adjacent to an activating group) is 1. The maximum absolute atomic E-state index is 11.6. The second-order valence-corrected chi connectivity index (χ2v) is 5.83. The van der Waals surface area contributed by atoms with E-state index in [0.29, 0.717) is 13.0 Å². The van der Waals surface area contributed by atoms with Crippen molar-refractivity contribution in [2.75, 3.05) is 13.1 Å². The topological polar surface area (TPSA) is 78.4 Å². The van der Waals surface area contributed by atoms with Gasteiger partial charge in [0.25, 0.3) is 0 Å². The highest BCUT2D eigenvalue weighted by molar-refractivity contribution is 5.78. The summed E-state index contributed by atoms with van der Waals surface area (Å²) in [5, 5.41) is 14.5. The van der Waals surface area contributed by atoms with Crippen LogP contribution in [0, 0.1) is 0 Å². The van der Waals surface area contributed by atoms with Crippen molar-refractivity contribution in [2.45, 2.75) is 84.1 Å². The molecule has 0 saturated carbocycles. The first-order chi connectivity index (χ1) is 10.6. The van der Waals surface area contributed by atoms with E-state index in [9.17, 15) is 9.59 Å². The number of unbranched alkanes of at least 4 members (excludes halogenated alkanes) is 8. The number of carboxylic acid groups (broad SMARTS) is 1. The number of amides is 1. The van der Waals surface area contributed by atoms with Gasteiger partial charge in [-0.05, 0) is 13.0 Å². The quantitative estimate of drug-likeness (QED) is 0.406. The summed E-state index contributed by atoms with van der Waals surface area (Å²) < 4.78 is 0. The number of aliphatic carboxylic acids is 1. The number of rotatable bonds is 15. The Bertz CT molecular complexity index is 296. The van der Waals surface area contributed by atoms with Crippen LogP contribution in [0.1, 0.15) is 78.1 Å². The molecule has 0 aliphatic carbocycles. The number of hydrogen-bond acceptors (Lipinski definition) is 3. The monoisotopic (exact) mass is 314 g/mol. The molecule has 130 valence electrons. The van der Waals surface area contributed by atoms with Crippen molar-refractivity contribution in [3.63, 3.8) is 0 Å². The molecule has 0 radical (unpaired) electrons. The molecule has 0 fully saturated rings. The Labute approximate surface area is 135 Å². The summed E-state index contributed by atoms with van der Waals surface area (Å²) in [6.45, 7) is 4.80. The van der Waals surface area contributed by atoms with Crippen molar-refractivity contribution in [3.05, 3.63) is 0 Å². The zero-order valence-corrected chi connectivity index (χ0v) is 14.3. The van der Waals surface area contributed by atoms with Crippen LogP contribution in [0.4, 0.5) is 0 Å². The highest BCUT2D eigenvalue weighted by Crippen LogP contribution is 2.10. The van der Waals surface area contributed by atoms with Gasteiger partial charge in [0, 0.05) is 13.0 Å². The van der Waals surface area contributed by atoms with Crippen LogP contribution in [-0.2, 0) is 9.59 Å². The fourth-order valence-electron chi connectivity index (χ4n) is 2.39. The standard InChI is InChI=1S/C17H34N2O3/c1-3-5-6-7-8-9-10-11-12-13-16(20)19-14-15(17(21)22)18-4-2/h15,18H,3-14H2,1-2H3,(H,19,20)(H,21,22). The third kappa shape index (κ3) is 12.6. The summed E-state index contributed by atoms with van der Waals surface area (Å²) >= 11 is 0. The molecule has 0 spiro atoms. The summed E-state index contributed by atoms with van der Waals surface area (Å²) in [5.41, 5.74) is 0. The van der Waals surface area contributed by atoms with Crippen LogP contribution in [0.5, 0.6) is 0 Å². The van der Waals surface area contributed by atoms with E-state index in [-0.39, 0.29) is 12.5 Å². The summed E-state index contributed by atoms with van der Waals surface area (Å²) in [6, 6.07) is -0.697. The smallest absolute Gasteiger partial charge is 0.322 e. The third-order valence-electron chi connectivity index (χ3n) is 3.76. The number of carbonyl (C=O) groups is 2. The molecule has 5 nitrogen and oxygen atoms in total. The summed E-state index contributed by atoms with van der Waals surface area (Å²) in [7, 11) is 0. The van der Waals surface area contributed by atoms with Gasteiger partial charge < -0.3 is 15.7 Å². The third-order valence-corrected chi connectivity index (χ3v) is 3.76. The van der Waals surface area contributed by atoms with Crippen molar-refractivity contribution < 1.29 is 14.7 Å². The summed E-state index contributed by atoms with van der Waals surface area (Å²) in [5.74, 6) is -0.975. The first-order valence-electron chi connectivity index (χ1n) is 8.84. The number of carbonyl (C=O) groups excluding carboxylic acids is 1. The normalized spacial score (nSPS) is 12.1. The first-order valence-corrected chi connectivity index (χ1v) is 8.84. The van der Waals surface area contributed by atoms with Crippen LogP contribution in [0.15, 0.2) is 0 Å². The van der Waals surface area contributed by atoms with Gasteiger partial charge in [-0.25, -0.2) is 0 Å². The molecule has 1 unspecified atom stereocenters. The number of hydrogen-bond donors (Lipinski definition) is 3. The van der Waals surface area contributed by atoms with Crippen molar-refractivity contribution in [1.82, 2.24) is 10.6 Å². The fourth-order valence-corrected chi connectivity index (χ4v) is 2.39. The molecule has 0 saturated heterocycles.